The predicted molar refractivity (Wildman–Crippen MR) is 123 cm³/mol. The standard InChI is InChI=1S/C26H24N2O3/c1-4-31-21-13-11-20(12-14-21)28-25(29)23(19-8-6-5-7-9-19)24(26(28)30)27-22-15-10-17(2)16-18(22)3/h5-16,27H,4H2,1-3H3. The fourth-order valence-corrected chi connectivity index (χ4v) is 3.70. The van der Waals surface area contributed by atoms with Gasteiger partial charge >= 0.3 is 0 Å². The molecular formula is C26H24N2O3. The molecular weight excluding hydrogens is 388 g/mol. The number of nitrogens with zero attached hydrogens (tertiary/aromatic N) is 1. The average molecular weight is 412 g/mol. The number of rotatable bonds is 6. The Bertz CT molecular complexity index is 1170. The van der Waals surface area contributed by atoms with E-state index in [0.29, 0.717) is 29.2 Å². The summed E-state index contributed by atoms with van der Waals surface area (Å²) in [6.07, 6.45) is 0. The fourth-order valence-electron chi connectivity index (χ4n) is 3.70. The maximum absolute atomic E-state index is 13.4. The van der Waals surface area contributed by atoms with E-state index in [1.165, 1.54) is 4.90 Å². The molecule has 0 fully saturated rings. The number of nitrogens with one attached hydrogen (secondary N) is 1. The predicted octanol–water partition coefficient (Wildman–Crippen LogP) is 5.10. The van der Waals surface area contributed by atoms with Gasteiger partial charge in [-0.3, -0.25) is 9.59 Å². The number of amides is 2. The van der Waals surface area contributed by atoms with Crippen LogP contribution in [0.25, 0.3) is 5.57 Å². The van der Waals surface area contributed by atoms with E-state index in [1.807, 2.05) is 69.3 Å². The average Bonchev–Trinajstić information content (AvgIpc) is 3.01. The van der Waals surface area contributed by atoms with Crippen molar-refractivity contribution >= 4 is 28.8 Å². The van der Waals surface area contributed by atoms with Crippen molar-refractivity contribution < 1.29 is 14.3 Å². The van der Waals surface area contributed by atoms with Crippen LogP contribution in [0.4, 0.5) is 11.4 Å². The van der Waals surface area contributed by atoms with Crippen LogP contribution in [0.1, 0.15) is 23.6 Å². The highest BCUT2D eigenvalue weighted by Crippen LogP contribution is 2.34. The minimum atomic E-state index is -0.381. The summed E-state index contributed by atoms with van der Waals surface area (Å²) in [6.45, 7) is 6.44. The molecule has 0 saturated heterocycles. The van der Waals surface area contributed by atoms with Crippen LogP contribution in [0.15, 0.2) is 78.5 Å². The van der Waals surface area contributed by atoms with Gasteiger partial charge in [-0.2, -0.15) is 0 Å². The van der Waals surface area contributed by atoms with E-state index in [9.17, 15) is 9.59 Å². The topological polar surface area (TPSA) is 58.6 Å². The molecule has 5 heteroatoms. The van der Waals surface area contributed by atoms with Gasteiger partial charge in [0.15, 0.2) is 0 Å². The van der Waals surface area contributed by atoms with Crippen LogP contribution >= 0.6 is 0 Å². The van der Waals surface area contributed by atoms with Crippen molar-refractivity contribution in [3.8, 4) is 5.75 Å². The summed E-state index contributed by atoms with van der Waals surface area (Å²) in [4.78, 5) is 28.1. The van der Waals surface area contributed by atoms with Crippen LogP contribution in [0.2, 0.25) is 0 Å². The first-order valence-corrected chi connectivity index (χ1v) is 10.2. The summed E-state index contributed by atoms with van der Waals surface area (Å²) in [5, 5.41) is 3.24. The lowest BCUT2D eigenvalue weighted by atomic mass is 10.0. The van der Waals surface area contributed by atoms with Crippen LogP contribution < -0.4 is 15.0 Å². The monoisotopic (exact) mass is 412 g/mol. The zero-order valence-electron chi connectivity index (χ0n) is 17.8. The van der Waals surface area contributed by atoms with Crippen LogP contribution in [-0.4, -0.2) is 18.4 Å². The quantitative estimate of drug-likeness (QED) is 0.573. The van der Waals surface area contributed by atoms with Crippen LogP contribution in [0.3, 0.4) is 0 Å². The first-order valence-electron chi connectivity index (χ1n) is 10.2. The molecule has 1 aliphatic heterocycles. The summed E-state index contributed by atoms with van der Waals surface area (Å²) in [6, 6.07) is 22.2. The second-order valence-corrected chi connectivity index (χ2v) is 7.43. The van der Waals surface area contributed by atoms with Gasteiger partial charge < -0.3 is 10.1 Å². The van der Waals surface area contributed by atoms with Gasteiger partial charge in [0.1, 0.15) is 11.4 Å². The Balaban J connectivity index is 1.77. The van der Waals surface area contributed by atoms with Gasteiger partial charge in [0, 0.05) is 5.69 Å². The van der Waals surface area contributed by atoms with E-state index in [-0.39, 0.29) is 17.5 Å². The molecule has 0 bridgehead atoms. The maximum atomic E-state index is 13.4. The Morgan fingerprint density at radius 1 is 0.871 bits per heavy atom. The first-order chi connectivity index (χ1) is 15.0. The smallest absolute Gasteiger partial charge is 0.282 e. The largest absolute Gasteiger partial charge is 0.494 e. The number of imide groups is 1. The van der Waals surface area contributed by atoms with Crippen molar-refractivity contribution in [2.45, 2.75) is 20.8 Å². The Hall–Kier alpha value is -3.86. The van der Waals surface area contributed by atoms with Crippen LogP contribution in [-0.2, 0) is 9.59 Å². The van der Waals surface area contributed by atoms with E-state index in [2.05, 4.69) is 5.32 Å². The Kier molecular flexibility index (Phi) is 5.58. The summed E-state index contributed by atoms with van der Waals surface area (Å²) in [7, 11) is 0. The number of benzene rings is 3. The molecule has 4 rings (SSSR count). The van der Waals surface area contributed by atoms with E-state index < -0.39 is 0 Å². The number of hydrogen-bond acceptors (Lipinski definition) is 4. The van der Waals surface area contributed by atoms with Gasteiger partial charge in [-0.15, -0.1) is 0 Å². The molecule has 0 aromatic heterocycles. The van der Waals surface area contributed by atoms with Gasteiger partial charge in [0.2, 0.25) is 0 Å². The molecule has 0 unspecified atom stereocenters. The minimum Gasteiger partial charge on any atom is -0.494 e. The van der Waals surface area contributed by atoms with E-state index in [1.54, 1.807) is 24.3 Å². The Morgan fingerprint density at radius 3 is 2.23 bits per heavy atom. The zero-order valence-corrected chi connectivity index (χ0v) is 17.8. The van der Waals surface area contributed by atoms with E-state index in [0.717, 1.165) is 16.8 Å². The van der Waals surface area contributed by atoms with Crippen molar-refractivity contribution in [2.75, 3.05) is 16.8 Å². The normalized spacial score (nSPS) is 13.7. The summed E-state index contributed by atoms with van der Waals surface area (Å²) in [5.74, 6) is -0.0455. The SMILES string of the molecule is CCOc1ccc(N2C(=O)C(Nc3ccc(C)cc3C)=C(c3ccccc3)C2=O)cc1. The van der Waals surface area contributed by atoms with Crippen molar-refractivity contribution in [1.29, 1.82) is 0 Å². The summed E-state index contributed by atoms with van der Waals surface area (Å²) < 4.78 is 5.48. The lowest BCUT2D eigenvalue weighted by Crippen LogP contribution is -2.32. The highest BCUT2D eigenvalue weighted by atomic mass is 16.5. The molecule has 0 aliphatic carbocycles. The third kappa shape index (κ3) is 3.94. The van der Waals surface area contributed by atoms with Gasteiger partial charge in [-0.1, -0.05) is 48.0 Å². The molecule has 3 aromatic rings. The summed E-state index contributed by atoms with van der Waals surface area (Å²) >= 11 is 0. The van der Waals surface area contributed by atoms with Crippen molar-refractivity contribution in [2.24, 2.45) is 0 Å². The molecule has 3 aromatic carbocycles. The molecule has 156 valence electrons. The Labute approximate surface area is 182 Å². The molecule has 1 N–H and O–H groups in total. The zero-order chi connectivity index (χ0) is 22.0. The van der Waals surface area contributed by atoms with E-state index in [4.69, 9.17) is 4.74 Å². The molecule has 0 spiro atoms. The van der Waals surface area contributed by atoms with Gasteiger partial charge in [-0.05, 0) is 62.2 Å². The molecule has 0 radical (unpaired) electrons. The molecule has 0 atom stereocenters. The second kappa shape index (κ2) is 8.48. The Morgan fingerprint density at radius 2 is 1.58 bits per heavy atom. The van der Waals surface area contributed by atoms with Gasteiger partial charge in [0.25, 0.3) is 11.8 Å². The fraction of sp³-hybridized carbons (Fsp3) is 0.154. The number of ether oxygens (including phenoxy) is 1. The molecule has 2 amide bonds. The molecule has 1 heterocycles. The number of aryl methyl sites for hydroxylation is 2. The van der Waals surface area contributed by atoms with Gasteiger partial charge in [-0.25, -0.2) is 4.90 Å². The van der Waals surface area contributed by atoms with Crippen LogP contribution in [0, 0.1) is 13.8 Å². The van der Waals surface area contributed by atoms with Crippen molar-refractivity contribution in [3.63, 3.8) is 0 Å². The maximum Gasteiger partial charge on any atom is 0.282 e. The molecule has 31 heavy (non-hydrogen) atoms. The van der Waals surface area contributed by atoms with Crippen molar-refractivity contribution in [3.05, 3.63) is 95.2 Å². The minimum absolute atomic E-state index is 0.275. The third-order valence-electron chi connectivity index (χ3n) is 5.19. The summed E-state index contributed by atoms with van der Waals surface area (Å²) in [5.41, 5.74) is 4.76. The highest BCUT2D eigenvalue weighted by molar-refractivity contribution is 6.46. The van der Waals surface area contributed by atoms with Gasteiger partial charge in [0.05, 0.1) is 17.9 Å². The highest BCUT2D eigenvalue weighted by Gasteiger charge is 2.40. The lowest BCUT2D eigenvalue weighted by molar-refractivity contribution is -0.120. The molecule has 5 nitrogen and oxygen atoms in total. The molecule has 1 aliphatic rings. The first kappa shape index (κ1) is 20.4. The second-order valence-electron chi connectivity index (χ2n) is 7.43. The number of carbonyl (C=O) groups excluding carboxylic acids is 2. The number of anilines is 2. The lowest BCUT2D eigenvalue weighted by Gasteiger charge is -2.16. The van der Waals surface area contributed by atoms with E-state index >= 15 is 0 Å². The third-order valence-corrected chi connectivity index (χ3v) is 5.19. The van der Waals surface area contributed by atoms with Crippen LogP contribution in [0.5, 0.6) is 5.75 Å². The van der Waals surface area contributed by atoms with Crippen molar-refractivity contribution in [1.82, 2.24) is 0 Å². The number of carbonyl (C=O) groups is 2. The molecule has 0 saturated carbocycles. The number of hydrogen-bond donors (Lipinski definition) is 1.